The van der Waals surface area contributed by atoms with Crippen LogP contribution < -0.4 is 15.4 Å². The lowest BCUT2D eigenvalue weighted by Crippen LogP contribution is -2.19. The van der Waals surface area contributed by atoms with Crippen molar-refractivity contribution in [1.82, 2.24) is 9.99 Å². The lowest BCUT2D eigenvalue weighted by molar-refractivity contribution is 0.102. The molecule has 166 valence electrons. The van der Waals surface area contributed by atoms with Crippen LogP contribution in [0, 0.1) is 12.3 Å². The number of nitrogens with zero attached hydrogens (tertiary/aromatic N) is 3. The zero-order chi connectivity index (χ0) is 23.8. The Morgan fingerprint density at radius 2 is 1.82 bits per heavy atom. The van der Waals surface area contributed by atoms with Gasteiger partial charge in [0.2, 0.25) is 0 Å². The van der Waals surface area contributed by atoms with Gasteiger partial charge in [0, 0.05) is 31.4 Å². The number of carbonyl (C=O) groups excluding carboxylic acids is 2. The molecule has 0 atom stereocenters. The van der Waals surface area contributed by atoms with Crippen LogP contribution >= 0.6 is 0 Å². The van der Waals surface area contributed by atoms with Gasteiger partial charge in [-0.3, -0.25) is 9.59 Å². The van der Waals surface area contributed by atoms with Crippen LogP contribution in [-0.4, -0.2) is 49.2 Å². The summed E-state index contributed by atoms with van der Waals surface area (Å²) >= 11 is 0. The largest absolute Gasteiger partial charge is 0.495 e. The van der Waals surface area contributed by atoms with Gasteiger partial charge in [0.05, 0.1) is 24.6 Å². The number of hydrazone groups is 1. The van der Waals surface area contributed by atoms with Crippen molar-refractivity contribution in [2.45, 2.75) is 0 Å². The molecule has 1 aromatic heterocycles. The average Bonchev–Trinajstić information content (AvgIpc) is 2.83. The molecule has 2 aromatic carbocycles. The van der Waals surface area contributed by atoms with Gasteiger partial charge in [-0.1, -0.05) is 24.1 Å². The Balaban J connectivity index is 1.82. The summed E-state index contributed by atoms with van der Waals surface area (Å²) in [5.74, 6) is 2.30. The summed E-state index contributed by atoms with van der Waals surface area (Å²) < 4.78 is 5.37. The fraction of sp³-hybridized carbons (Fsp3) is 0.120. The molecule has 0 saturated heterocycles. The first-order chi connectivity index (χ1) is 15.9. The van der Waals surface area contributed by atoms with Gasteiger partial charge in [-0.05, 0) is 42.0 Å². The number of nitrogens with one attached hydrogen (secondary N) is 2. The molecule has 1 heterocycles. The standard InChI is InChI=1S/C25H23N5O3/c1-5-17-11-14-22(26-15-17)28-25(32)20-7-6-8-21(33-4)23(20)29-24(31)19-12-9-18(10-13-19)16-27-30(2)3/h1,6-16H,2-4H3,(H,29,31)(H,26,28,32). The minimum absolute atomic E-state index is 0.222. The number of aromatic nitrogens is 1. The molecule has 2 amide bonds. The Bertz CT molecular complexity index is 1210. The fourth-order valence-electron chi connectivity index (χ4n) is 2.84. The van der Waals surface area contributed by atoms with Crippen molar-refractivity contribution in [3.8, 4) is 18.1 Å². The molecule has 33 heavy (non-hydrogen) atoms. The smallest absolute Gasteiger partial charge is 0.259 e. The minimum atomic E-state index is -0.458. The number of hydrogen-bond acceptors (Lipinski definition) is 6. The average molecular weight is 441 g/mol. The molecule has 0 aliphatic heterocycles. The highest BCUT2D eigenvalue weighted by atomic mass is 16.5. The first-order valence-electron chi connectivity index (χ1n) is 9.95. The highest BCUT2D eigenvalue weighted by Crippen LogP contribution is 2.29. The Morgan fingerprint density at radius 1 is 1.06 bits per heavy atom. The lowest BCUT2D eigenvalue weighted by atomic mass is 10.1. The molecule has 3 rings (SSSR count). The third kappa shape index (κ3) is 5.95. The summed E-state index contributed by atoms with van der Waals surface area (Å²) in [6, 6.07) is 15.1. The van der Waals surface area contributed by atoms with Gasteiger partial charge < -0.3 is 20.4 Å². The van der Waals surface area contributed by atoms with Crippen LogP contribution in [0.5, 0.6) is 5.75 Å². The second kappa shape index (κ2) is 10.6. The Hall–Kier alpha value is -4.64. The number of terminal acetylenes is 1. The number of ether oxygens (including phenoxy) is 1. The highest BCUT2D eigenvalue weighted by Gasteiger charge is 2.19. The number of benzene rings is 2. The van der Waals surface area contributed by atoms with E-state index < -0.39 is 5.91 Å². The van der Waals surface area contributed by atoms with Crippen LogP contribution in [0.2, 0.25) is 0 Å². The van der Waals surface area contributed by atoms with Gasteiger partial charge in [0.25, 0.3) is 11.8 Å². The number of para-hydroxylation sites is 1. The molecular weight excluding hydrogens is 418 g/mol. The predicted molar refractivity (Wildman–Crippen MR) is 129 cm³/mol. The van der Waals surface area contributed by atoms with Crippen molar-refractivity contribution >= 4 is 29.5 Å². The molecule has 0 unspecified atom stereocenters. The van der Waals surface area contributed by atoms with Crippen LogP contribution in [0.1, 0.15) is 31.8 Å². The number of hydrogen-bond donors (Lipinski definition) is 2. The van der Waals surface area contributed by atoms with Crippen LogP contribution in [0.4, 0.5) is 11.5 Å². The SMILES string of the molecule is C#Cc1ccc(NC(=O)c2cccc(OC)c2NC(=O)c2ccc(C=NN(C)C)cc2)nc1. The molecule has 0 saturated carbocycles. The number of methoxy groups -OCH3 is 1. The van der Waals surface area contributed by atoms with E-state index in [9.17, 15) is 9.59 Å². The molecule has 2 N–H and O–H groups in total. The summed E-state index contributed by atoms with van der Waals surface area (Å²) in [4.78, 5) is 29.9. The summed E-state index contributed by atoms with van der Waals surface area (Å²) in [5, 5.41) is 11.3. The molecular formula is C25H23N5O3. The summed E-state index contributed by atoms with van der Waals surface area (Å²) in [7, 11) is 5.11. The first-order valence-corrected chi connectivity index (χ1v) is 9.95. The third-order valence-electron chi connectivity index (χ3n) is 4.51. The van der Waals surface area contributed by atoms with E-state index in [1.165, 1.54) is 13.3 Å². The third-order valence-corrected chi connectivity index (χ3v) is 4.51. The van der Waals surface area contributed by atoms with E-state index in [2.05, 4.69) is 26.6 Å². The van der Waals surface area contributed by atoms with E-state index in [0.29, 0.717) is 22.7 Å². The molecule has 0 bridgehead atoms. The number of anilines is 2. The van der Waals surface area contributed by atoms with Gasteiger partial charge in [0.1, 0.15) is 11.6 Å². The second-order valence-corrected chi connectivity index (χ2v) is 7.08. The van der Waals surface area contributed by atoms with Crippen molar-refractivity contribution in [1.29, 1.82) is 0 Å². The highest BCUT2D eigenvalue weighted by molar-refractivity contribution is 6.13. The zero-order valence-corrected chi connectivity index (χ0v) is 18.5. The van der Waals surface area contributed by atoms with Crippen molar-refractivity contribution in [2.24, 2.45) is 5.10 Å². The monoisotopic (exact) mass is 441 g/mol. The first kappa shape index (κ1) is 23.0. The van der Waals surface area contributed by atoms with Crippen LogP contribution in [0.25, 0.3) is 0 Å². The topological polar surface area (TPSA) is 95.9 Å². The van der Waals surface area contributed by atoms with Gasteiger partial charge >= 0.3 is 0 Å². The lowest BCUT2D eigenvalue weighted by Gasteiger charge is -2.15. The van der Waals surface area contributed by atoms with E-state index in [-0.39, 0.29) is 17.2 Å². The predicted octanol–water partition coefficient (Wildman–Crippen LogP) is 3.47. The zero-order valence-electron chi connectivity index (χ0n) is 18.5. The maximum atomic E-state index is 12.9. The minimum Gasteiger partial charge on any atom is -0.495 e. The fourth-order valence-corrected chi connectivity index (χ4v) is 2.84. The summed E-state index contributed by atoms with van der Waals surface area (Å²) in [5.41, 5.74) is 2.34. The van der Waals surface area contributed by atoms with Gasteiger partial charge in [-0.2, -0.15) is 5.10 Å². The molecule has 0 aliphatic rings. The number of carbonyl (C=O) groups is 2. The van der Waals surface area contributed by atoms with Crippen molar-refractivity contribution < 1.29 is 14.3 Å². The van der Waals surface area contributed by atoms with Crippen LogP contribution in [0.15, 0.2) is 65.9 Å². The van der Waals surface area contributed by atoms with E-state index in [1.54, 1.807) is 65.8 Å². The Kier molecular flexibility index (Phi) is 7.39. The van der Waals surface area contributed by atoms with Crippen molar-refractivity contribution in [3.63, 3.8) is 0 Å². The van der Waals surface area contributed by atoms with Crippen LogP contribution in [-0.2, 0) is 0 Å². The molecule has 0 fully saturated rings. The van der Waals surface area contributed by atoms with E-state index in [0.717, 1.165) is 5.56 Å². The van der Waals surface area contributed by atoms with E-state index in [4.69, 9.17) is 11.2 Å². The number of rotatable bonds is 7. The normalized spacial score (nSPS) is 10.4. The summed E-state index contributed by atoms with van der Waals surface area (Å²) in [6.07, 6.45) is 8.51. The van der Waals surface area contributed by atoms with E-state index >= 15 is 0 Å². The Labute approximate surface area is 192 Å². The van der Waals surface area contributed by atoms with Gasteiger partial charge in [0.15, 0.2) is 0 Å². The van der Waals surface area contributed by atoms with Crippen molar-refractivity contribution in [2.75, 3.05) is 31.8 Å². The molecule has 8 heteroatoms. The number of pyridine rings is 1. The van der Waals surface area contributed by atoms with Gasteiger partial charge in [-0.15, -0.1) is 6.42 Å². The quantitative estimate of drug-likeness (QED) is 0.333. The molecule has 0 spiro atoms. The Morgan fingerprint density at radius 3 is 2.42 bits per heavy atom. The summed E-state index contributed by atoms with van der Waals surface area (Å²) in [6.45, 7) is 0. The molecule has 0 aliphatic carbocycles. The van der Waals surface area contributed by atoms with E-state index in [1.807, 2.05) is 14.1 Å². The molecule has 0 radical (unpaired) electrons. The van der Waals surface area contributed by atoms with Gasteiger partial charge in [-0.25, -0.2) is 4.98 Å². The molecule has 8 nitrogen and oxygen atoms in total. The maximum absolute atomic E-state index is 12.9. The van der Waals surface area contributed by atoms with Crippen molar-refractivity contribution in [3.05, 3.63) is 83.0 Å². The number of amides is 2. The van der Waals surface area contributed by atoms with Crippen LogP contribution in [0.3, 0.4) is 0 Å². The second-order valence-electron chi connectivity index (χ2n) is 7.08. The molecule has 3 aromatic rings. The maximum Gasteiger partial charge on any atom is 0.259 e.